The Balaban J connectivity index is 0.905. The number of hydrogen-bond donors (Lipinski definition) is 6. The minimum Gasteiger partial charge on any atom is -0.493 e. The Morgan fingerprint density at radius 1 is 0.963 bits per heavy atom. The average molecular weight is 1150 g/mol. The number of carboxylic acids is 1. The number of Topliss-reactive ketones (excluding diaryl/α,β-unsaturated/α-hetero) is 1. The quantitative estimate of drug-likeness (QED) is 0.0395. The van der Waals surface area contributed by atoms with E-state index in [2.05, 4.69) is 16.0 Å². The van der Waals surface area contributed by atoms with Gasteiger partial charge in [-0.1, -0.05) is 52.0 Å². The monoisotopic (exact) mass is 1150 g/mol. The van der Waals surface area contributed by atoms with Crippen LogP contribution >= 0.6 is 11.8 Å². The normalized spacial score (nSPS) is 21.6. The molecule has 6 N–H and O–H groups in total. The molecule has 7 rings (SSSR count). The summed E-state index contributed by atoms with van der Waals surface area (Å²) in [5.74, 6) is -6.17. The first kappa shape index (κ1) is 60.6. The van der Waals surface area contributed by atoms with Gasteiger partial charge in [0.05, 0.1) is 44.1 Å². The molecule has 0 radical (unpaired) electrons. The topological polar surface area (TPSA) is 303 Å². The lowest BCUT2D eigenvalue weighted by molar-refractivity contribution is -0.164. The lowest BCUT2D eigenvalue weighted by atomic mass is 9.79. The summed E-state index contributed by atoms with van der Waals surface area (Å²) in [7, 11) is -1.24. The van der Waals surface area contributed by atoms with Gasteiger partial charge in [-0.15, -0.1) is 11.8 Å². The zero-order valence-electron chi connectivity index (χ0n) is 45.8. The van der Waals surface area contributed by atoms with Gasteiger partial charge in [-0.25, -0.2) is 22.7 Å². The van der Waals surface area contributed by atoms with E-state index in [1.807, 2.05) is 30.7 Å². The molecule has 0 bridgehead atoms. The molecule has 5 amide bonds. The Kier molecular flexibility index (Phi) is 19.7. The van der Waals surface area contributed by atoms with Crippen LogP contribution in [-0.4, -0.2) is 151 Å². The number of methoxy groups -OCH3 is 2. The number of amides is 5. The van der Waals surface area contributed by atoms with E-state index >= 15 is 0 Å². The summed E-state index contributed by atoms with van der Waals surface area (Å²) < 4.78 is 50.9. The second kappa shape index (κ2) is 26.1. The number of rotatable bonds is 25. The van der Waals surface area contributed by atoms with Crippen molar-refractivity contribution in [2.24, 2.45) is 17.3 Å². The summed E-state index contributed by atoms with van der Waals surface area (Å²) in [6.45, 7) is 8.21. The van der Waals surface area contributed by atoms with Gasteiger partial charge < -0.3 is 54.9 Å². The van der Waals surface area contributed by atoms with E-state index in [4.69, 9.17) is 18.9 Å². The summed E-state index contributed by atoms with van der Waals surface area (Å²) >= 11 is 1.29. The van der Waals surface area contributed by atoms with Gasteiger partial charge in [-0.2, -0.15) is 0 Å². The Bertz CT molecular complexity index is 3020. The van der Waals surface area contributed by atoms with Gasteiger partial charge in [0.25, 0.3) is 17.7 Å². The number of piperidine rings is 1. The number of sulfonamides is 1. The number of nitrogens with one attached hydrogen (secondary N) is 4. The number of ether oxygens (including phenoxy) is 4. The van der Waals surface area contributed by atoms with Crippen LogP contribution in [0.5, 0.6) is 17.2 Å². The molecule has 4 aliphatic rings. The van der Waals surface area contributed by atoms with E-state index in [9.17, 15) is 57.0 Å². The number of carbonyl (C=O) groups is 8. The molecule has 0 spiro atoms. The van der Waals surface area contributed by atoms with Crippen LogP contribution in [0.4, 0.5) is 5.69 Å². The molecule has 80 heavy (non-hydrogen) atoms. The second-order valence-electron chi connectivity index (χ2n) is 21.0. The number of aryl methyl sites for hydroxylation is 1. The van der Waals surface area contributed by atoms with Crippen LogP contribution in [0.1, 0.15) is 101 Å². The maximum absolute atomic E-state index is 14.1. The molecule has 24 heteroatoms. The van der Waals surface area contributed by atoms with Crippen molar-refractivity contribution >= 4 is 74.7 Å². The largest absolute Gasteiger partial charge is 0.493 e. The molecule has 3 fully saturated rings. The number of nitrogens with zero attached hydrogens (tertiary/aromatic N) is 2. The number of aliphatic hydroxyl groups is 1. The molecule has 3 aromatic carbocycles. The predicted molar refractivity (Wildman–Crippen MR) is 294 cm³/mol. The minimum atomic E-state index is -4.29. The van der Waals surface area contributed by atoms with Gasteiger partial charge in [0.2, 0.25) is 27.6 Å². The number of esters is 1. The summed E-state index contributed by atoms with van der Waals surface area (Å²) in [4.78, 5) is 109. The number of carboxylic acid groups (broad SMARTS) is 1. The Morgan fingerprint density at radius 3 is 2.40 bits per heavy atom. The standard InChI is InChI=1S/C56H70N6O16S2/c1-8-56(4,5)49(65)53(69)61-23-10-9-17-40(61)55(72)78-41(20-18-33-19-21-42(75-6)43(25-33)76-7)34-13-12-16-37(27-34)77-30-44(64)57-22-24-80(73,74)60-50(66)35-14-11-15-36(26-35)59-51(67)39-28-38(29-58-39)79-48-31(2)46-45(32(3)63)52(68)62(46)47(48)54(70)71/h11-16,19,21,25-27,31-32,38-41,45-46,58,63H,8-10,17-18,20,22-24,28-30H2,1-7H3,(H,57,64)(H,59,67)(H,60,66)(H,70,71)/t31-,32-,38+,39+,40+,41-,45-,46-/m1/s1. The molecular formula is C56H70N6O16S2. The Hall–Kier alpha value is -7.02. The molecule has 0 aliphatic carbocycles. The van der Waals surface area contributed by atoms with Crippen LogP contribution in [0.25, 0.3) is 0 Å². The molecule has 8 atom stereocenters. The second-order valence-corrected chi connectivity index (χ2v) is 24.2. The van der Waals surface area contributed by atoms with Crippen LogP contribution in [0, 0.1) is 17.3 Å². The number of likely N-dealkylation sites (tertiary alicyclic amines) is 1. The molecule has 0 unspecified atom stereocenters. The van der Waals surface area contributed by atoms with E-state index in [0.717, 1.165) is 5.56 Å². The number of hydrogen-bond acceptors (Lipinski definition) is 17. The smallest absolute Gasteiger partial charge is 0.353 e. The fourth-order valence-corrected chi connectivity index (χ4v) is 12.6. The molecule has 4 aliphatic heterocycles. The molecule has 22 nitrogen and oxygen atoms in total. The van der Waals surface area contributed by atoms with Crippen LogP contribution in [0.3, 0.4) is 0 Å². The van der Waals surface area contributed by atoms with Crippen molar-refractivity contribution in [2.45, 2.75) is 115 Å². The van der Waals surface area contributed by atoms with Crippen molar-refractivity contribution in [3.63, 3.8) is 0 Å². The fraction of sp³-hybridized carbons (Fsp3) is 0.500. The third-order valence-electron chi connectivity index (χ3n) is 15.1. The van der Waals surface area contributed by atoms with Crippen LogP contribution in [0.2, 0.25) is 0 Å². The number of β-lactam (4-membered cyclic amide) rings is 1. The van der Waals surface area contributed by atoms with E-state index in [-0.39, 0.29) is 46.8 Å². The van der Waals surface area contributed by atoms with Gasteiger partial charge in [0.15, 0.2) is 18.1 Å². The van der Waals surface area contributed by atoms with Crippen molar-refractivity contribution in [2.75, 3.05) is 51.5 Å². The first-order valence-electron chi connectivity index (χ1n) is 26.6. The lowest BCUT2D eigenvalue weighted by Gasteiger charge is -2.46. The highest BCUT2D eigenvalue weighted by Gasteiger charge is 2.60. The highest BCUT2D eigenvalue weighted by molar-refractivity contribution is 8.03. The number of thioether (sulfide) groups is 1. The molecule has 432 valence electrons. The molecule has 0 saturated carbocycles. The van der Waals surface area contributed by atoms with E-state index in [1.165, 1.54) is 67.0 Å². The average Bonchev–Trinajstić information content (AvgIpc) is 4.18. The molecule has 3 saturated heterocycles. The van der Waals surface area contributed by atoms with E-state index < -0.39 is 118 Å². The third kappa shape index (κ3) is 14.1. The van der Waals surface area contributed by atoms with E-state index in [1.54, 1.807) is 44.2 Å². The van der Waals surface area contributed by atoms with Crippen molar-refractivity contribution in [1.82, 2.24) is 25.2 Å². The zero-order valence-corrected chi connectivity index (χ0v) is 47.4. The van der Waals surface area contributed by atoms with Crippen LogP contribution < -0.4 is 34.9 Å². The summed E-state index contributed by atoms with van der Waals surface area (Å²) in [5, 5.41) is 28.3. The molecule has 4 heterocycles. The number of benzene rings is 3. The Morgan fingerprint density at radius 2 is 1.70 bits per heavy atom. The van der Waals surface area contributed by atoms with Crippen molar-refractivity contribution < 1.29 is 75.9 Å². The third-order valence-corrected chi connectivity index (χ3v) is 17.8. The number of carbonyl (C=O) groups excluding carboxylic acids is 7. The zero-order chi connectivity index (χ0) is 58.2. The van der Waals surface area contributed by atoms with Crippen molar-refractivity contribution in [1.29, 1.82) is 0 Å². The first-order valence-corrected chi connectivity index (χ1v) is 29.1. The SMILES string of the molecule is CCC(C)(C)C(=O)C(=O)N1CCCC[C@H]1C(=O)O[C@H](CCc1ccc(OC)c(OC)c1)c1cccc(OCC(=O)NCCS(=O)(=O)NC(=O)c2cccc(NC(=O)[C@@H]3C[C@H](SC4=C(C(=O)O)N5C(=O)[C@H]([C@@H](C)O)[C@H]5[C@H]4C)CN3)c2)c1. The predicted octanol–water partition coefficient (Wildman–Crippen LogP) is 4.12. The lowest BCUT2D eigenvalue weighted by Crippen LogP contribution is -2.63. The molecule has 3 aromatic rings. The van der Waals surface area contributed by atoms with E-state index in [0.29, 0.717) is 67.0 Å². The Labute approximate surface area is 469 Å². The highest BCUT2D eigenvalue weighted by Crippen LogP contribution is 2.52. The number of aliphatic carboxylic acids is 1. The van der Waals surface area contributed by atoms with Crippen molar-refractivity contribution in [3.05, 3.63) is 94.0 Å². The number of ketones is 1. The maximum atomic E-state index is 14.1. The highest BCUT2D eigenvalue weighted by atomic mass is 32.2. The fourth-order valence-electron chi connectivity index (χ4n) is 10.2. The summed E-state index contributed by atoms with van der Waals surface area (Å²) in [6, 6.07) is 15.5. The molecule has 0 aromatic heterocycles. The van der Waals surface area contributed by atoms with Crippen LogP contribution in [-0.2, 0) is 54.7 Å². The minimum absolute atomic E-state index is 0.0797. The number of anilines is 1. The van der Waals surface area contributed by atoms with Crippen LogP contribution in [0.15, 0.2) is 77.3 Å². The molecular weight excluding hydrogens is 1080 g/mol. The van der Waals surface area contributed by atoms with Crippen molar-refractivity contribution in [3.8, 4) is 17.2 Å². The maximum Gasteiger partial charge on any atom is 0.353 e. The first-order chi connectivity index (χ1) is 38.0. The van der Waals surface area contributed by atoms with Gasteiger partial charge in [-0.05, 0) is 105 Å². The summed E-state index contributed by atoms with van der Waals surface area (Å²) in [5.41, 5.74) is 0.483. The van der Waals surface area contributed by atoms with Gasteiger partial charge in [-0.3, -0.25) is 28.8 Å². The summed E-state index contributed by atoms with van der Waals surface area (Å²) in [6.07, 6.45) is 1.22. The van der Waals surface area contributed by atoms with Gasteiger partial charge >= 0.3 is 11.9 Å². The number of fused-ring (bicyclic) bond motifs is 1. The number of aliphatic hydroxyl groups excluding tert-OH is 1. The van der Waals surface area contributed by atoms with Gasteiger partial charge in [0, 0.05) is 52.4 Å². The van der Waals surface area contributed by atoms with Gasteiger partial charge in [0.1, 0.15) is 23.6 Å².